The van der Waals surface area contributed by atoms with E-state index in [9.17, 15) is 9.59 Å². The first-order valence-corrected chi connectivity index (χ1v) is 11.7. The summed E-state index contributed by atoms with van der Waals surface area (Å²) in [4.78, 5) is 24.6. The number of benzene rings is 3. The molecule has 0 unspecified atom stereocenters. The Hall–Kier alpha value is -3.13. The zero-order chi connectivity index (χ0) is 24.3. The number of halogens is 2. The first kappa shape index (κ1) is 25.5. The number of nitrogens with one attached hydrogen (secondary N) is 3. The van der Waals surface area contributed by atoms with Crippen LogP contribution in [0.1, 0.15) is 28.8 Å². The summed E-state index contributed by atoms with van der Waals surface area (Å²) < 4.78 is 5.57. The Morgan fingerprint density at radius 3 is 2.50 bits per heavy atom. The summed E-state index contributed by atoms with van der Waals surface area (Å²) in [6.45, 7) is 0.745. The maximum absolute atomic E-state index is 12.5. The number of thiocarbonyl (C=S) groups is 1. The van der Waals surface area contributed by atoms with Crippen molar-refractivity contribution in [3.8, 4) is 5.75 Å². The maximum atomic E-state index is 12.5. The molecule has 0 aliphatic carbocycles. The molecule has 3 N–H and O–H groups in total. The fourth-order valence-electron chi connectivity index (χ4n) is 2.98. The van der Waals surface area contributed by atoms with Gasteiger partial charge in [-0.1, -0.05) is 59.6 Å². The average molecular weight is 516 g/mol. The van der Waals surface area contributed by atoms with Crippen molar-refractivity contribution in [2.45, 2.75) is 19.4 Å². The Kier molecular flexibility index (Phi) is 9.70. The number of rotatable bonds is 9. The average Bonchev–Trinajstić information content (AvgIpc) is 2.82. The smallest absolute Gasteiger partial charge is 0.251 e. The third-order valence-corrected chi connectivity index (χ3v) is 5.37. The van der Waals surface area contributed by atoms with Crippen molar-refractivity contribution in [3.05, 3.63) is 94.0 Å². The van der Waals surface area contributed by atoms with Gasteiger partial charge in [0.05, 0.1) is 11.6 Å². The van der Waals surface area contributed by atoms with Crippen LogP contribution in [0.25, 0.3) is 0 Å². The molecule has 3 rings (SSSR count). The molecule has 34 heavy (non-hydrogen) atoms. The van der Waals surface area contributed by atoms with E-state index in [0.29, 0.717) is 46.6 Å². The number of carbonyl (C=O) groups is 2. The second-order valence-corrected chi connectivity index (χ2v) is 8.53. The summed E-state index contributed by atoms with van der Waals surface area (Å²) in [5.74, 6) is 0.0552. The molecule has 3 aromatic carbocycles. The topological polar surface area (TPSA) is 79.5 Å². The van der Waals surface area contributed by atoms with Crippen LogP contribution < -0.4 is 20.7 Å². The van der Waals surface area contributed by atoms with Gasteiger partial charge in [0.25, 0.3) is 5.91 Å². The van der Waals surface area contributed by atoms with Crippen molar-refractivity contribution in [3.63, 3.8) is 0 Å². The van der Waals surface area contributed by atoms with Crippen LogP contribution in [0.5, 0.6) is 5.75 Å². The predicted octanol–water partition coefficient (Wildman–Crippen LogP) is 5.60. The largest absolute Gasteiger partial charge is 0.492 e. The minimum atomic E-state index is -0.250. The van der Waals surface area contributed by atoms with Gasteiger partial charge in [-0.05, 0) is 60.6 Å². The number of hydrogen-bond acceptors (Lipinski definition) is 4. The molecule has 0 spiro atoms. The zero-order valence-electron chi connectivity index (χ0n) is 18.1. The fourth-order valence-corrected chi connectivity index (χ4v) is 3.67. The van der Waals surface area contributed by atoms with Gasteiger partial charge in [-0.3, -0.25) is 9.59 Å². The van der Waals surface area contributed by atoms with Crippen molar-refractivity contribution >= 4 is 58.0 Å². The van der Waals surface area contributed by atoms with Crippen LogP contribution in [0.3, 0.4) is 0 Å². The lowest BCUT2D eigenvalue weighted by Crippen LogP contribution is -2.34. The number of carbonyl (C=O) groups excluding carboxylic acids is 2. The lowest BCUT2D eigenvalue weighted by molar-refractivity contribution is -0.119. The normalized spacial score (nSPS) is 10.3. The highest BCUT2D eigenvalue weighted by atomic mass is 35.5. The van der Waals surface area contributed by atoms with Gasteiger partial charge in [0.2, 0.25) is 5.91 Å². The summed E-state index contributed by atoms with van der Waals surface area (Å²) in [5, 5.41) is 9.52. The van der Waals surface area contributed by atoms with Gasteiger partial charge in [0, 0.05) is 29.2 Å². The zero-order valence-corrected chi connectivity index (χ0v) is 20.5. The Balaban J connectivity index is 1.40. The van der Waals surface area contributed by atoms with Gasteiger partial charge < -0.3 is 20.7 Å². The van der Waals surface area contributed by atoms with Gasteiger partial charge in [-0.2, -0.15) is 0 Å². The molecule has 6 nitrogen and oxygen atoms in total. The van der Waals surface area contributed by atoms with Crippen LogP contribution in [-0.2, 0) is 11.3 Å². The minimum Gasteiger partial charge on any atom is -0.492 e. The first-order valence-electron chi connectivity index (χ1n) is 10.5. The molecule has 0 aliphatic rings. The quantitative estimate of drug-likeness (QED) is 0.255. The van der Waals surface area contributed by atoms with Gasteiger partial charge in [-0.25, -0.2) is 0 Å². The second kappa shape index (κ2) is 12.9. The van der Waals surface area contributed by atoms with Crippen molar-refractivity contribution < 1.29 is 14.3 Å². The molecular weight excluding hydrogens is 493 g/mol. The van der Waals surface area contributed by atoms with Gasteiger partial charge >= 0.3 is 0 Å². The molecule has 0 aliphatic heterocycles. The predicted molar refractivity (Wildman–Crippen MR) is 140 cm³/mol. The van der Waals surface area contributed by atoms with E-state index in [-0.39, 0.29) is 23.3 Å². The molecule has 0 aromatic heterocycles. The monoisotopic (exact) mass is 515 g/mol. The van der Waals surface area contributed by atoms with Crippen molar-refractivity contribution in [1.82, 2.24) is 10.6 Å². The van der Waals surface area contributed by atoms with E-state index in [2.05, 4.69) is 16.0 Å². The third kappa shape index (κ3) is 8.33. The van der Waals surface area contributed by atoms with Crippen LogP contribution in [0, 0.1) is 0 Å². The third-order valence-electron chi connectivity index (χ3n) is 4.63. The Bertz CT molecular complexity index is 1160. The van der Waals surface area contributed by atoms with E-state index in [4.69, 9.17) is 40.2 Å². The molecule has 0 saturated carbocycles. The van der Waals surface area contributed by atoms with Crippen molar-refractivity contribution in [2.75, 3.05) is 11.9 Å². The minimum absolute atomic E-state index is 0.147. The van der Waals surface area contributed by atoms with E-state index in [0.717, 1.165) is 5.56 Å². The molecule has 9 heteroatoms. The number of amides is 2. The molecule has 0 heterocycles. The van der Waals surface area contributed by atoms with Crippen LogP contribution in [0.2, 0.25) is 10.0 Å². The summed E-state index contributed by atoms with van der Waals surface area (Å²) in [5.41, 5.74) is 2.09. The molecule has 0 saturated heterocycles. The molecule has 0 fully saturated rings. The van der Waals surface area contributed by atoms with Crippen LogP contribution in [-0.4, -0.2) is 23.5 Å². The molecule has 0 atom stereocenters. The SMILES string of the molecule is O=C(CCCOc1ccc(Cl)cc1Cl)NC(=S)Nc1cccc(C(=O)NCc2ccccc2)c1. The van der Waals surface area contributed by atoms with E-state index < -0.39 is 0 Å². The Labute approximate surface area is 213 Å². The van der Waals surface area contributed by atoms with Gasteiger partial charge in [-0.15, -0.1) is 0 Å². The van der Waals surface area contributed by atoms with E-state index in [1.165, 1.54) is 0 Å². The van der Waals surface area contributed by atoms with Crippen LogP contribution in [0.4, 0.5) is 5.69 Å². The summed E-state index contributed by atoms with van der Waals surface area (Å²) >= 11 is 17.1. The van der Waals surface area contributed by atoms with Crippen LogP contribution in [0.15, 0.2) is 72.8 Å². The van der Waals surface area contributed by atoms with Gasteiger partial charge in [0.15, 0.2) is 5.11 Å². The fraction of sp³-hybridized carbons (Fsp3) is 0.160. The maximum Gasteiger partial charge on any atom is 0.251 e. The summed E-state index contributed by atoms with van der Waals surface area (Å²) in [6, 6.07) is 21.5. The highest BCUT2D eigenvalue weighted by Gasteiger charge is 2.09. The number of ether oxygens (including phenoxy) is 1. The van der Waals surface area contributed by atoms with Gasteiger partial charge in [0.1, 0.15) is 5.75 Å². The molecular formula is C25H23Cl2N3O3S. The lowest BCUT2D eigenvalue weighted by atomic mass is 10.1. The standard InChI is InChI=1S/C25H23Cl2N3O3S/c26-19-11-12-22(21(27)15-19)33-13-5-10-23(31)30-25(34)29-20-9-4-8-18(14-20)24(32)28-16-17-6-2-1-3-7-17/h1-4,6-9,11-12,14-15H,5,10,13,16H2,(H,28,32)(H2,29,30,31,34). The number of anilines is 1. The first-order chi connectivity index (χ1) is 16.4. The summed E-state index contributed by atoms with van der Waals surface area (Å²) in [6.07, 6.45) is 0.694. The van der Waals surface area contributed by atoms with Crippen LogP contribution >= 0.6 is 35.4 Å². The molecule has 176 valence electrons. The van der Waals surface area contributed by atoms with E-state index >= 15 is 0 Å². The Morgan fingerprint density at radius 1 is 0.941 bits per heavy atom. The second-order valence-electron chi connectivity index (χ2n) is 7.28. The molecule has 3 aromatic rings. The van der Waals surface area contributed by atoms with E-state index in [1.807, 2.05) is 30.3 Å². The highest BCUT2D eigenvalue weighted by molar-refractivity contribution is 7.80. The molecule has 0 bridgehead atoms. The van der Waals surface area contributed by atoms with E-state index in [1.54, 1.807) is 42.5 Å². The highest BCUT2D eigenvalue weighted by Crippen LogP contribution is 2.27. The van der Waals surface area contributed by atoms with Crippen molar-refractivity contribution in [1.29, 1.82) is 0 Å². The van der Waals surface area contributed by atoms with Crippen molar-refractivity contribution in [2.24, 2.45) is 0 Å². The molecule has 2 amide bonds. The lowest BCUT2D eigenvalue weighted by Gasteiger charge is -2.11. The Morgan fingerprint density at radius 2 is 1.74 bits per heavy atom. The summed E-state index contributed by atoms with van der Waals surface area (Å²) in [7, 11) is 0. The molecule has 0 radical (unpaired) electrons. The number of hydrogen-bond donors (Lipinski definition) is 3.